The van der Waals surface area contributed by atoms with Crippen LogP contribution in [0.25, 0.3) is 10.9 Å². The zero-order valence-corrected chi connectivity index (χ0v) is 14.1. The number of azo groups is 1. The summed E-state index contributed by atoms with van der Waals surface area (Å²) in [5, 5.41) is 28.3. The Hall–Kier alpha value is -3.95. The zero-order chi connectivity index (χ0) is 19.4. The van der Waals surface area contributed by atoms with E-state index in [1.807, 2.05) is 0 Å². The van der Waals surface area contributed by atoms with E-state index in [1.54, 1.807) is 24.3 Å². The molecule has 2 N–H and O–H groups in total. The molecule has 3 rings (SSSR count). The third kappa shape index (κ3) is 4.00. The molecule has 10 heteroatoms. The molecule has 0 aliphatic heterocycles. The number of nitrogens with one attached hydrogen (secondary N) is 1. The summed E-state index contributed by atoms with van der Waals surface area (Å²) in [5.41, 5.74) is 0.188. The van der Waals surface area contributed by atoms with Crippen LogP contribution in [-0.2, 0) is 4.79 Å². The van der Waals surface area contributed by atoms with Gasteiger partial charge in [0.05, 0.1) is 17.5 Å². The van der Waals surface area contributed by atoms with Crippen molar-refractivity contribution in [2.45, 2.75) is 0 Å². The smallest absolute Gasteiger partial charge is 0.302 e. The molecule has 0 fully saturated rings. The van der Waals surface area contributed by atoms with Crippen LogP contribution >= 0.6 is 0 Å². The van der Waals surface area contributed by atoms with Crippen LogP contribution in [0.15, 0.2) is 52.7 Å². The number of fused-ring (bicyclic) bond motifs is 1. The summed E-state index contributed by atoms with van der Waals surface area (Å²) < 4.78 is 10.3. The lowest BCUT2D eigenvalue weighted by Gasteiger charge is -2.04. The molecule has 27 heavy (non-hydrogen) atoms. The van der Waals surface area contributed by atoms with Crippen LogP contribution in [0.1, 0.15) is 0 Å². The lowest BCUT2D eigenvalue weighted by Crippen LogP contribution is -2.07. The van der Waals surface area contributed by atoms with E-state index in [9.17, 15) is 20.0 Å². The van der Waals surface area contributed by atoms with Gasteiger partial charge in [0.1, 0.15) is 11.5 Å². The second-order valence-corrected chi connectivity index (χ2v) is 5.37. The second kappa shape index (κ2) is 7.52. The number of aromatic nitrogens is 1. The number of amides is 1. The van der Waals surface area contributed by atoms with Gasteiger partial charge in [0.15, 0.2) is 12.3 Å². The summed E-state index contributed by atoms with van der Waals surface area (Å²) in [4.78, 5) is 24.8. The minimum atomic E-state index is -0.690. The van der Waals surface area contributed by atoms with Crippen molar-refractivity contribution in [2.75, 3.05) is 13.7 Å². The maximum atomic E-state index is 11.8. The summed E-state index contributed by atoms with van der Waals surface area (Å²) >= 11 is 0. The predicted octanol–water partition coefficient (Wildman–Crippen LogP) is 3.48. The van der Waals surface area contributed by atoms with Crippen LogP contribution in [-0.4, -0.2) is 34.6 Å². The Morgan fingerprint density at radius 1 is 1.22 bits per heavy atom. The number of aromatic hydroxyl groups is 1. The normalized spacial score (nSPS) is 11.0. The van der Waals surface area contributed by atoms with Crippen molar-refractivity contribution in [1.82, 2.24) is 4.98 Å². The van der Waals surface area contributed by atoms with Gasteiger partial charge in [-0.1, -0.05) is 0 Å². The third-order valence-corrected chi connectivity index (χ3v) is 3.63. The first kappa shape index (κ1) is 17.9. The van der Waals surface area contributed by atoms with Gasteiger partial charge < -0.3 is 19.6 Å². The maximum absolute atomic E-state index is 11.8. The highest BCUT2D eigenvalue weighted by atomic mass is 16.6. The first-order valence-corrected chi connectivity index (χ1v) is 7.68. The Morgan fingerprint density at radius 2 is 1.93 bits per heavy atom. The van der Waals surface area contributed by atoms with Crippen molar-refractivity contribution in [3.05, 3.63) is 52.6 Å². The van der Waals surface area contributed by atoms with Gasteiger partial charge in [0.2, 0.25) is 5.88 Å². The standard InChI is InChI=1S/C17H14N4O6/c1-26-11-3-5-12(6-4-11)27-9-15(22)19-20-16-13-8-10(21(24)25)2-7-14(13)18-17(16)23/h2-8,18,23H,9H2,1H3. The number of methoxy groups -OCH3 is 1. The van der Waals surface area contributed by atoms with E-state index < -0.39 is 10.8 Å². The third-order valence-electron chi connectivity index (χ3n) is 3.63. The van der Waals surface area contributed by atoms with Crippen LogP contribution < -0.4 is 9.47 Å². The van der Waals surface area contributed by atoms with Crippen molar-refractivity contribution < 1.29 is 24.3 Å². The Labute approximate surface area is 152 Å². The quantitative estimate of drug-likeness (QED) is 0.387. The number of nitrogens with zero attached hydrogens (tertiary/aromatic N) is 3. The monoisotopic (exact) mass is 370 g/mol. The summed E-state index contributed by atoms with van der Waals surface area (Å²) in [5.74, 6) is 0.0605. The largest absolute Gasteiger partial charge is 0.497 e. The molecule has 0 unspecified atom stereocenters. The summed E-state index contributed by atoms with van der Waals surface area (Å²) in [6.45, 7) is -0.362. The van der Waals surface area contributed by atoms with Crippen molar-refractivity contribution in [3.63, 3.8) is 0 Å². The minimum absolute atomic E-state index is 0.0634. The molecule has 10 nitrogen and oxygen atoms in total. The van der Waals surface area contributed by atoms with Gasteiger partial charge in [-0.3, -0.25) is 14.9 Å². The number of H-pyrrole nitrogens is 1. The molecule has 0 bridgehead atoms. The van der Waals surface area contributed by atoms with Crippen molar-refractivity contribution in [3.8, 4) is 17.4 Å². The predicted molar refractivity (Wildman–Crippen MR) is 94.6 cm³/mol. The molecule has 0 saturated heterocycles. The van der Waals surface area contributed by atoms with Gasteiger partial charge in [-0.15, -0.1) is 10.2 Å². The van der Waals surface area contributed by atoms with Gasteiger partial charge in [-0.2, -0.15) is 0 Å². The molecule has 0 saturated carbocycles. The van der Waals surface area contributed by atoms with E-state index in [0.717, 1.165) is 0 Å². The van der Waals surface area contributed by atoms with Crippen LogP contribution in [0, 0.1) is 10.1 Å². The molecule has 1 heterocycles. The summed E-state index contributed by atoms with van der Waals surface area (Å²) in [7, 11) is 1.54. The molecular formula is C17H14N4O6. The number of rotatable bonds is 6. The number of nitro groups is 1. The number of nitro benzene ring substituents is 1. The average Bonchev–Trinajstić information content (AvgIpc) is 2.99. The number of carbonyl (C=O) groups excluding carboxylic acids is 1. The van der Waals surface area contributed by atoms with E-state index >= 15 is 0 Å². The fourth-order valence-corrected chi connectivity index (χ4v) is 2.32. The highest BCUT2D eigenvalue weighted by Gasteiger charge is 2.15. The van der Waals surface area contributed by atoms with E-state index in [1.165, 1.54) is 25.3 Å². The van der Waals surface area contributed by atoms with Crippen LogP contribution in [0.5, 0.6) is 17.4 Å². The fraction of sp³-hybridized carbons (Fsp3) is 0.118. The average molecular weight is 370 g/mol. The van der Waals surface area contributed by atoms with Crippen LogP contribution in [0.2, 0.25) is 0 Å². The number of carbonyl (C=O) groups is 1. The van der Waals surface area contributed by atoms with Gasteiger partial charge >= 0.3 is 5.91 Å². The number of hydrogen-bond acceptors (Lipinski definition) is 7. The van der Waals surface area contributed by atoms with Gasteiger partial charge in [0.25, 0.3) is 5.69 Å². The fourth-order valence-electron chi connectivity index (χ4n) is 2.32. The number of hydrogen-bond donors (Lipinski definition) is 2. The number of benzene rings is 2. The van der Waals surface area contributed by atoms with Crippen LogP contribution in [0.4, 0.5) is 11.4 Å². The van der Waals surface area contributed by atoms with Gasteiger partial charge in [-0.05, 0) is 30.3 Å². The Bertz CT molecular complexity index is 1030. The molecule has 1 amide bonds. The molecule has 3 aromatic rings. The van der Waals surface area contributed by atoms with E-state index in [-0.39, 0.29) is 29.2 Å². The highest BCUT2D eigenvalue weighted by molar-refractivity contribution is 5.95. The van der Waals surface area contributed by atoms with Crippen molar-refractivity contribution in [1.29, 1.82) is 0 Å². The molecule has 0 aliphatic carbocycles. The SMILES string of the molecule is COc1ccc(OCC(=O)N=Nc2c(O)[nH]c3ccc([N+](=O)[O-])cc23)cc1. The molecular weight excluding hydrogens is 356 g/mol. The second-order valence-electron chi connectivity index (χ2n) is 5.37. The van der Waals surface area contributed by atoms with Gasteiger partial charge in [0, 0.05) is 17.5 Å². The lowest BCUT2D eigenvalue weighted by atomic mass is 10.2. The minimum Gasteiger partial charge on any atom is -0.497 e. The first-order valence-electron chi connectivity index (χ1n) is 7.68. The summed E-state index contributed by atoms with van der Waals surface area (Å²) in [6, 6.07) is 10.6. The number of ether oxygens (including phenoxy) is 2. The van der Waals surface area contributed by atoms with Crippen LogP contribution in [0.3, 0.4) is 0 Å². The first-order chi connectivity index (χ1) is 13.0. The molecule has 0 atom stereocenters. The summed E-state index contributed by atoms with van der Waals surface area (Å²) in [6.07, 6.45) is 0. The Balaban J connectivity index is 1.72. The van der Waals surface area contributed by atoms with Gasteiger partial charge in [-0.25, -0.2) is 0 Å². The Kier molecular flexibility index (Phi) is 4.97. The Morgan fingerprint density at radius 3 is 2.59 bits per heavy atom. The molecule has 0 aliphatic rings. The molecule has 0 spiro atoms. The van der Waals surface area contributed by atoms with E-state index in [4.69, 9.17) is 9.47 Å². The molecule has 1 aromatic heterocycles. The van der Waals surface area contributed by atoms with E-state index in [2.05, 4.69) is 15.2 Å². The molecule has 0 radical (unpaired) electrons. The lowest BCUT2D eigenvalue weighted by molar-refractivity contribution is -0.384. The maximum Gasteiger partial charge on any atom is 0.302 e. The topological polar surface area (TPSA) is 139 Å². The van der Waals surface area contributed by atoms with Crippen molar-refractivity contribution >= 4 is 28.2 Å². The zero-order valence-electron chi connectivity index (χ0n) is 14.1. The van der Waals surface area contributed by atoms with E-state index in [0.29, 0.717) is 17.0 Å². The molecule has 138 valence electrons. The molecule has 2 aromatic carbocycles. The highest BCUT2D eigenvalue weighted by Crippen LogP contribution is 2.37. The number of aromatic amines is 1. The van der Waals surface area contributed by atoms with Crippen molar-refractivity contribution in [2.24, 2.45) is 10.2 Å². The number of non-ortho nitro benzene ring substituents is 1.